The van der Waals surface area contributed by atoms with Crippen LogP contribution in [0.4, 0.5) is 5.69 Å². The molecule has 1 N–H and O–H groups in total. The van der Waals surface area contributed by atoms with Gasteiger partial charge in [-0.25, -0.2) is 9.59 Å². The molecule has 1 aromatic rings. The minimum absolute atomic E-state index is 0.0778. The number of rotatable bonds is 9. The molecule has 7 heteroatoms. The molecule has 0 bridgehead atoms. The molecule has 1 saturated carbocycles. The largest absolute Gasteiger partial charge is 0.497 e. The lowest BCUT2D eigenvalue weighted by atomic mass is 9.65. The van der Waals surface area contributed by atoms with E-state index in [0.717, 1.165) is 6.42 Å². The Morgan fingerprint density at radius 2 is 1.83 bits per heavy atom. The van der Waals surface area contributed by atoms with Crippen molar-refractivity contribution in [1.82, 2.24) is 0 Å². The van der Waals surface area contributed by atoms with Gasteiger partial charge in [0.25, 0.3) is 0 Å². The highest BCUT2D eigenvalue weighted by atomic mass is 16.5. The van der Waals surface area contributed by atoms with E-state index in [0.29, 0.717) is 30.7 Å². The van der Waals surface area contributed by atoms with Crippen molar-refractivity contribution in [2.45, 2.75) is 45.6 Å². The van der Waals surface area contributed by atoms with E-state index in [1.165, 1.54) is 0 Å². The molecule has 0 amide bonds. The minimum atomic E-state index is -1.39. The number of ether oxygens (including phenoxy) is 3. The molecule has 29 heavy (non-hydrogen) atoms. The molecule has 0 spiro atoms. The van der Waals surface area contributed by atoms with Gasteiger partial charge in [0.1, 0.15) is 23.1 Å². The summed E-state index contributed by atoms with van der Waals surface area (Å²) in [7, 11) is 1.56. The number of methoxy groups -OCH3 is 1. The highest BCUT2D eigenvalue weighted by Crippen LogP contribution is 2.46. The van der Waals surface area contributed by atoms with Gasteiger partial charge in [0, 0.05) is 11.3 Å². The van der Waals surface area contributed by atoms with Gasteiger partial charge in [-0.3, -0.25) is 4.79 Å². The van der Waals surface area contributed by atoms with Crippen molar-refractivity contribution in [1.29, 1.82) is 0 Å². The first-order valence-corrected chi connectivity index (χ1v) is 9.77. The number of esters is 1. The van der Waals surface area contributed by atoms with Gasteiger partial charge in [0.15, 0.2) is 5.94 Å². The normalized spacial score (nSPS) is 19.3. The monoisotopic (exact) mass is 401 g/mol. The van der Waals surface area contributed by atoms with Gasteiger partial charge in [-0.1, -0.05) is 6.42 Å². The van der Waals surface area contributed by atoms with Crippen LogP contribution >= 0.6 is 0 Å². The van der Waals surface area contributed by atoms with Crippen LogP contribution in [-0.4, -0.2) is 44.2 Å². The summed E-state index contributed by atoms with van der Waals surface area (Å²) in [6, 6.07) is 6.06. The second-order valence-electron chi connectivity index (χ2n) is 6.68. The quantitative estimate of drug-likeness (QED) is 0.386. The van der Waals surface area contributed by atoms with Crippen LogP contribution in [-0.2, 0) is 23.9 Å². The van der Waals surface area contributed by atoms with Crippen LogP contribution in [0.3, 0.4) is 0 Å². The van der Waals surface area contributed by atoms with E-state index in [2.05, 4.69) is 5.32 Å². The minimum Gasteiger partial charge on any atom is -0.497 e. The van der Waals surface area contributed by atoms with Crippen LogP contribution in [0.2, 0.25) is 0 Å². The summed E-state index contributed by atoms with van der Waals surface area (Å²) in [5.74, 6) is 3.77. The van der Waals surface area contributed by atoms with Gasteiger partial charge in [-0.2, -0.15) is 0 Å². The number of benzene rings is 1. The molecule has 0 aromatic heterocycles. The molecule has 1 fully saturated rings. The Hall–Kier alpha value is -3.01. The number of carbonyl (C=O) groups is 1. The van der Waals surface area contributed by atoms with E-state index in [1.807, 2.05) is 11.9 Å². The second kappa shape index (κ2) is 10.5. The molecule has 7 nitrogen and oxygen atoms in total. The summed E-state index contributed by atoms with van der Waals surface area (Å²) in [6.07, 6.45) is 2.20. The number of hydrogen-bond acceptors (Lipinski definition) is 7. The molecule has 0 saturated heterocycles. The Balaban J connectivity index is 2.61. The summed E-state index contributed by atoms with van der Waals surface area (Å²) in [5, 5.41) is 3.20. The maximum absolute atomic E-state index is 13.2. The standard InChI is InChI=1S/C22H27NO6/c1-4-28-19(15-25)20(23-17-9-11-18(27-3)12-10-17)22(21(26)29-5-2)13-7-6-8-16(22)14-24/h9-12,20,23H,4-8,13H2,1-3H3. The molecule has 0 heterocycles. The summed E-state index contributed by atoms with van der Waals surface area (Å²) in [6.45, 7) is 3.79. The second-order valence-corrected chi connectivity index (χ2v) is 6.68. The fourth-order valence-corrected chi connectivity index (χ4v) is 3.74. The van der Waals surface area contributed by atoms with Crippen molar-refractivity contribution in [2.75, 3.05) is 25.6 Å². The molecule has 2 rings (SSSR count). The number of nitrogens with one attached hydrogen (secondary N) is 1. The molecule has 0 aliphatic heterocycles. The summed E-state index contributed by atoms with van der Waals surface area (Å²) in [5.41, 5.74) is -0.485. The molecule has 2 unspecified atom stereocenters. The maximum Gasteiger partial charge on any atom is 0.319 e. The zero-order valence-corrected chi connectivity index (χ0v) is 17.1. The van der Waals surface area contributed by atoms with Crippen molar-refractivity contribution in [2.24, 2.45) is 5.41 Å². The summed E-state index contributed by atoms with van der Waals surface area (Å²) >= 11 is 0. The first-order chi connectivity index (χ1) is 14.1. The Labute approximate surface area is 170 Å². The lowest BCUT2D eigenvalue weighted by Gasteiger charge is -2.41. The van der Waals surface area contributed by atoms with Crippen LogP contribution in [0.1, 0.15) is 39.5 Å². The first-order valence-electron chi connectivity index (χ1n) is 9.77. The fourth-order valence-electron chi connectivity index (χ4n) is 3.74. The predicted octanol–water partition coefficient (Wildman–Crippen LogP) is 3.11. The van der Waals surface area contributed by atoms with Gasteiger partial charge in [-0.05, 0) is 57.4 Å². The van der Waals surface area contributed by atoms with Gasteiger partial charge >= 0.3 is 5.97 Å². The molecular formula is C22H27NO6. The number of hydrogen-bond donors (Lipinski definition) is 1. The SMILES string of the molecule is CCOC(=O)C1(C(Nc2ccc(OC)cc2)C(=C=O)OCC)CCCCC1=C=O. The summed E-state index contributed by atoms with van der Waals surface area (Å²) < 4.78 is 16.0. The van der Waals surface area contributed by atoms with Crippen LogP contribution in [0.5, 0.6) is 5.75 Å². The van der Waals surface area contributed by atoms with E-state index in [1.54, 1.807) is 45.2 Å². The van der Waals surface area contributed by atoms with Crippen LogP contribution < -0.4 is 10.1 Å². The third-order valence-corrected chi connectivity index (χ3v) is 5.11. The van der Waals surface area contributed by atoms with Gasteiger partial charge in [-0.15, -0.1) is 0 Å². The molecule has 1 aliphatic rings. The highest BCUT2D eigenvalue weighted by molar-refractivity contribution is 5.87. The number of carbonyl (C=O) groups excluding carboxylic acids is 3. The average molecular weight is 401 g/mol. The van der Waals surface area contributed by atoms with E-state index >= 15 is 0 Å². The molecule has 0 radical (unpaired) electrons. The third-order valence-electron chi connectivity index (χ3n) is 5.11. The lowest BCUT2D eigenvalue weighted by Crippen LogP contribution is -2.52. The Bertz CT molecular complexity index is 805. The molecule has 1 aliphatic carbocycles. The zero-order valence-electron chi connectivity index (χ0n) is 17.1. The van der Waals surface area contributed by atoms with Crippen molar-refractivity contribution >= 4 is 23.5 Å². The van der Waals surface area contributed by atoms with Crippen molar-refractivity contribution in [3.8, 4) is 5.75 Å². The average Bonchev–Trinajstić information content (AvgIpc) is 2.76. The van der Waals surface area contributed by atoms with E-state index in [-0.39, 0.29) is 24.5 Å². The first kappa shape index (κ1) is 22.3. The van der Waals surface area contributed by atoms with E-state index in [9.17, 15) is 14.4 Å². The van der Waals surface area contributed by atoms with Crippen LogP contribution in [0, 0.1) is 5.41 Å². The summed E-state index contributed by atoms with van der Waals surface area (Å²) in [4.78, 5) is 36.8. The van der Waals surface area contributed by atoms with Crippen molar-refractivity contribution < 1.29 is 28.6 Å². The Morgan fingerprint density at radius 1 is 1.14 bits per heavy atom. The van der Waals surface area contributed by atoms with Gasteiger partial charge < -0.3 is 19.5 Å². The predicted molar refractivity (Wildman–Crippen MR) is 108 cm³/mol. The maximum atomic E-state index is 13.2. The topological polar surface area (TPSA) is 90.9 Å². The zero-order chi connectivity index (χ0) is 21.3. The van der Waals surface area contributed by atoms with Gasteiger partial charge in [0.05, 0.1) is 20.3 Å². The third kappa shape index (κ3) is 4.70. The molecule has 1 aromatic carbocycles. The van der Waals surface area contributed by atoms with E-state index in [4.69, 9.17) is 14.2 Å². The Kier molecular flexibility index (Phi) is 8.08. The van der Waals surface area contributed by atoms with Gasteiger partial charge in [0.2, 0.25) is 5.76 Å². The lowest BCUT2D eigenvalue weighted by molar-refractivity contribution is -0.155. The van der Waals surface area contributed by atoms with Crippen LogP contribution in [0.15, 0.2) is 35.6 Å². The fraction of sp³-hybridized carbons (Fsp3) is 0.500. The molecular weight excluding hydrogens is 374 g/mol. The van der Waals surface area contributed by atoms with Crippen LogP contribution in [0.25, 0.3) is 0 Å². The number of anilines is 1. The van der Waals surface area contributed by atoms with E-state index < -0.39 is 17.4 Å². The molecule has 2 atom stereocenters. The smallest absolute Gasteiger partial charge is 0.319 e. The van der Waals surface area contributed by atoms with Crippen molar-refractivity contribution in [3.63, 3.8) is 0 Å². The Morgan fingerprint density at radius 3 is 2.38 bits per heavy atom. The van der Waals surface area contributed by atoms with Crippen molar-refractivity contribution in [3.05, 3.63) is 35.6 Å². The molecule has 156 valence electrons. The highest BCUT2D eigenvalue weighted by Gasteiger charge is 2.54.